The Morgan fingerprint density at radius 1 is 1.16 bits per heavy atom. The molecule has 112 valence electrons. The van der Waals surface area contributed by atoms with E-state index in [1.54, 1.807) is 0 Å². The van der Waals surface area contributed by atoms with Crippen LogP contribution < -0.4 is 10.6 Å². The van der Waals surface area contributed by atoms with E-state index in [0.717, 1.165) is 6.26 Å². The van der Waals surface area contributed by atoms with E-state index in [0.29, 0.717) is 19.1 Å². The zero-order valence-corrected chi connectivity index (χ0v) is 12.8. The van der Waals surface area contributed by atoms with Gasteiger partial charge >= 0.3 is 0 Å². The first-order chi connectivity index (χ1) is 8.91. The van der Waals surface area contributed by atoms with Crippen molar-refractivity contribution in [2.75, 3.05) is 19.3 Å². The number of rotatable bonds is 6. The van der Waals surface area contributed by atoms with Crippen molar-refractivity contribution in [3.8, 4) is 0 Å². The van der Waals surface area contributed by atoms with Crippen LogP contribution in [0, 0.1) is 0 Å². The summed E-state index contributed by atoms with van der Waals surface area (Å²) in [5.74, 6) is -0.412. The molecule has 0 aromatic heterocycles. The Balaban J connectivity index is 2.18. The molecule has 1 saturated carbocycles. The summed E-state index contributed by atoms with van der Waals surface area (Å²) in [6, 6.07) is 0.548. The van der Waals surface area contributed by atoms with Gasteiger partial charge in [0.2, 0.25) is 5.91 Å². The largest absolute Gasteiger partial charge is 0.354 e. The summed E-state index contributed by atoms with van der Waals surface area (Å²) in [6.45, 7) is 2.60. The fourth-order valence-electron chi connectivity index (χ4n) is 2.28. The third kappa shape index (κ3) is 6.38. The van der Waals surface area contributed by atoms with Gasteiger partial charge in [0.1, 0.15) is 5.25 Å². The normalized spacial score (nSPS) is 19.7. The van der Waals surface area contributed by atoms with Crippen LogP contribution in [0.4, 0.5) is 0 Å². The molecule has 1 amide bonds. The average molecular weight is 290 g/mol. The third-order valence-electron chi connectivity index (χ3n) is 3.72. The van der Waals surface area contributed by atoms with E-state index in [4.69, 9.17) is 0 Å². The van der Waals surface area contributed by atoms with E-state index in [2.05, 4.69) is 10.6 Å². The molecule has 0 aromatic rings. The summed E-state index contributed by atoms with van der Waals surface area (Å²) >= 11 is 0. The summed E-state index contributed by atoms with van der Waals surface area (Å²) in [6.07, 6.45) is 8.67. The highest BCUT2D eigenvalue weighted by molar-refractivity contribution is 7.92. The predicted molar refractivity (Wildman–Crippen MR) is 76.8 cm³/mol. The number of carbonyl (C=O) groups excluding carboxylic acids is 1. The minimum absolute atomic E-state index is 0.412. The summed E-state index contributed by atoms with van der Waals surface area (Å²) in [5, 5.41) is 5.13. The third-order valence-corrected chi connectivity index (χ3v) is 5.22. The first kappa shape index (κ1) is 16.4. The van der Waals surface area contributed by atoms with Crippen molar-refractivity contribution >= 4 is 15.7 Å². The molecule has 0 heterocycles. The fourth-order valence-corrected chi connectivity index (χ4v) is 2.76. The highest BCUT2D eigenvalue weighted by atomic mass is 32.2. The summed E-state index contributed by atoms with van der Waals surface area (Å²) in [5.41, 5.74) is 0. The van der Waals surface area contributed by atoms with Gasteiger partial charge in [0.05, 0.1) is 0 Å². The lowest BCUT2D eigenvalue weighted by molar-refractivity contribution is -0.120. The van der Waals surface area contributed by atoms with Gasteiger partial charge in [-0.05, 0) is 19.8 Å². The molecule has 1 unspecified atom stereocenters. The molecule has 2 N–H and O–H groups in total. The summed E-state index contributed by atoms with van der Waals surface area (Å²) in [4.78, 5) is 11.6. The van der Waals surface area contributed by atoms with Crippen molar-refractivity contribution in [3.05, 3.63) is 0 Å². The van der Waals surface area contributed by atoms with E-state index in [-0.39, 0.29) is 0 Å². The van der Waals surface area contributed by atoms with Gasteiger partial charge < -0.3 is 10.6 Å². The highest BCUT2D eigenvalue weighted by Crippen LogP contribution is 2.16. The summed E-state index contributed by atoms with van der Waals surface area (Å²) in [7, 11) is -3.30. The van der Waals surface area contributed by atoms with Gasteiger partial charge in [-0.25, -0.2) is 8.42 Å². The Morgan fingerprint density at radius 2 is 1.74 bits per heavy atom. The smallest absolute Gasteiger partial charge is 0.238 e. The van der Waals surface area contributed by atoms with Crippen LogP contribution >= 0.6 is 0 Å². The minimum atomic E-state index is -3.30. The van der Waals surface area contributed by atoms with Crippen LogP contribution in [0.25, 0.3) is 0 Å². The van der Waals surface area contributed by atoms with Gasteiger partial charge in [-0.1, -0.05) is 25.7 Å². The second-order valence-corrected chi connectivity index (χ2v) is 7.77. The van der Waals surface area contributed by atoms with Crippen molar-refractivity contribution in [2.24, 2.45) is 0 Å². The second-order valence-electron chi connectivity index (χ2n) is 5.41. The van der Waals surface area contributed by atoms with E-state index in [1.165, 1.54) is 45.4 Å². The number of nitrogens with one attached hydrogen (secondary N) is 2. The number of hydrogen-bond acceptors (Lipinski definition) is 4. The van der Waals surface area contributed by atoms with Crippen LogP contribution in [0.5, 0.6) is 0 Å². The van der Waals surface area contributed by atoms with E-state index < -0.39 is 21.0 Å². The molecule has 19 heavy (non-hydrogen) atoms. The molecule has 0 aliphatic heterocycles. The number of sulfone groups is 1. The van der Waals surface area contributed by atoms with E-state index >= 15 is 0 Å². The molecule has 0 saturated heterocycles. The molecule has 1 aliphatic rings. The van der Waals surface area contributed by atoms with Gasteiger partial charge in [0.15, 0.2) is 9.84 Å². The second kappa shape index (κ2) is 7.85. The first-order valence-corrected chi connectivity index (χ1v) is 9.06. The maximum absolute atomic E-state index is 11.6. The zero-order valence-electron chi connectivity index (χ0n) is 11.9. The molecule has 0 aromatic carbocycles. The molecule has 1 rings (SSSR count). The Morgan fingerprint density at radius 3 is 2.26 bits per heavy atom. The molecule has 1 aliphatic carbocycles. The molecule has 1 atom stereocenters. The van der Waals surface area contributed by atoms with Crippen LogP contribution in [-0.4, -0.2) is 45.0 Å². The average Bonchev–Trinajstić information content (AvgIpc) is 2.60. The zero-order chi connectivity index (χ0) is 14.3. The molecular weight excluding hydrogens is 264 g/mol. The van der Waals surface area contributed by atoms with Crippen LogP contribution in [0.3, 0.4) is 0 Å². The van der Waals surface area contributed by atoms with E-state index in [1.807, 2.05) is 0 Å². The lowest BCUT2D eigenvalue weighted by Gasteiger charge is -2.17. The van der Waals surface area contributed by atoms with Gasteiger partial charge in [0.25, 0.3) is 0 Å². The molecule has 0 bridgehead atoms. The van der Waals surface area contributed by atoms with Gasteiger partial charge in [-0.2, -0.15) is 0 Å². The topological polar surface area (TPSA) is 75.3 Å². The maximum atomic E-state index is 11.6. The van der Waals surface area contributed by atoms with Gasteiger partial charge in [-0.3, -0.25) is 4.79 Å². The SMILES string of the molecule is CC(C(=O)NCCNC1CCCCCC1)S(C)(=O)=O. The number of hydrogen-bond donors (Lipinski definition) is 2. The monoisotopic (exact) mass is 290 g/mol. The summed E-state index contributed by atoms with van der Waals surface area (Å²) < 4.78 is 22.4. The Labute approximate surface area is 116 Å². The standard InChI is InChI=1S/C13H26N2O3S/c1-11(19(2,17)18)13(16)15-10-9-14-12-7-5-3-4-6-8-12/h11-12,14H,3-10H2,1-2H3,(H,15,16). The number of carbonyl (C=O) groups is 1. The Kier molecular flexibility index (Phi) is 6.79. The highest BCUT2D eigenvalue weighted by Gasteiger charge is 2.22. The van der Waals surface area contributed by atoms with Crippen LogP contribution in [0.15, 0.2) is 0 Å². The van der Waals surface area contributed by atoms with Gasteiger partial charge in [-0.15, -0.1) is 0 Å². The van der Waals surface area contributed by atoms with E-state index in [9.17, 15) is 13.2 Å². The van der Waals surface area contributed by atoms with Crippen molar-refractivity contribution in [1.82, 2.24) is 10.6 Å². The maximum Gasteiger partial charge on any atom is 0.238 e. The van der Waals surface area contributed by atoms with Crippen LogP contribution in [0.2, 0.25) is 0 Å². The molecular formula is C13H26N2O3S. The molecule has 6 heteroatoms. The molecule has 5 nitrogen and oxygen atoms in total. The fraction of sp³-hybridized carbons (Fsp3) is 0.923. The van der Waals surface area contributed by atoms with Crippen molar-refractivity contribution < 1.29 is 13.2 Å². The Hall–Kier alpha value is -0.620. The molecule has 1 fully saturated rings. The number of amides is 1. The molecule has 0 spiro atoms. The minimum Gasteiger partial charge on any atom is -0.354 e. The lowest BCUT2D eigenvalue weighted by Crippen LogP contribution is -2.42. The lowest BCUT2D eigenvalue weighted by atomic mass is 10.1. The quantitative estimate of drug-likeness (QED) is 0.562. The van der Waals surface area contributed by atoms with Gasteiger partial charge in [0, 0.05) is 25.4 Å². The molecule has 0 radical (unpaired) electrons. The van der Waals surface area contributed by atoms with Crippen LogP contribution in [0.1, 0.15) is 45.4 Å². The first-order valence-electron chi connectivity index (χ1n) is 7.11. The predicted octanol–water partition coefficient (Wildman–Crippen LogP) is 0.848. The van der Waals surface area contributed by atoms with Crippen LogP contribution in [-0.2, 0) is 14.6 Å². The van der Waals surface area contributed by atoms with Crippen molar-refractivity contribution in [3.63, 3.8) is 0 Å². The van der Waals surface area contributed by atoms with Crippen molar-refractivity contribution in [1.29, 1.82) is 0 Å². The Bertz CT molecular complexity index is 373. The van der Waals surface area contributed by atoms with Crippen molar-refractivity contribution in [2.45, 2.75) is 56.7 Å².